The minimum absolute atomic E-state index is 0.0648. The number of amides is 1. The van der Waals surface area contributed by atoms with Gasteiger partial charge in [0.2, 0.25) is 0 Å². The van der Waals surface area contributed by atoms with Gasteiger partial charge in [0.1, 0.15) is 5.75 Å². The number of carbonyl (C=O) groups excluding carboxylic acids is 1. The number of halogens is 4. The van der Waals surface area contributed by atoms with Crippen molar-refractivity contribution in [1.29, 1.82) is 0 Å². The van der Waals surface area contributed by atoms with Crippen molar-refractivity contribution >= 4 is 23.2 Å². The number of alkyl halides is 3. The molecule has 0 saturated heterocycles. The molecule has 2 aromatic rings. The van der Waals surface area contributed by atoms with Crippen molar-refractivity contribution in [2.45, 2.75) is 33.1 Å². The Morgan fingerprint density at radius 1 is 1.16 bits per heavy atom. The molecule has 0 fully saturated rings. The molecule has 7 heteroatoms. The quantitative estimate of drug-likeness (QED) is 0.783. The maximum absolute atomic E-state index is 13.1. The Balaban J connectivity index is 2.18. The zero-order valence-electron chi connectivity index (χ0n) is 13.9. The Morgan fingerprint density at radius 3 is 2.48 bits per heavy atom. The zero-order chi connectivity index (χ0) is 18.8. The highest BCUT2D eigenvalue weighted by Gasteiger charge is 2.34. The minimum atomic E-state index is -4.63. The molecule has 1 atom stereocenters. The molecule has 134 valence electrons. The van der Waals surface area contributed by atoms with Gasteiger partial charge in [-0.1, -0.05) is 23.7 Å². The van der Waals surface area contributed by atoms with E-state index in [4.69, 9.17) is 16.3 Å². The topological polar surface area (TPSA) is 38.3 Å². The van der Waals surface area contributed by atoms with E-state index in [-0.39, 0.29) is 10.7 Å². The summed E-state index contributed by atoms with van der Waals surface area (Å²) in [5, 5.41) is 2.19. The highest BCUT2D eigenvalue weighted by molar-refractivity contribution is 6.30. The number of nitrogens with one attached hydrogen (secondary N) is 1. The van der Waals surface area contributed by atoms with Crippen LogP contribution in [0.2, 0.25) is 5.02 Å². The molecular weight excluding hydrogens is 355 g/mol. The van der Waals surface area contributed by atoms with Gasteiger partial charge in [-0.25, -0.2) is 0 Å². The van der Waals surface area contributed by atoms with Gasteiger partial charge >= 0.3 is 6.18 Å². The second kappa shape index (κ2) is 7.35. The van der Waals surface area contributed by atoms with Gasteiger partial charge in [0.25, 0.3) is 5.91 Å². The number of hydrogen-bond donors (Lipinski definition) is 1. The van der Waals surface area contributed by atoms with Crippen molar-refractivity contribution in [1.82, 2.24) is 0 Å². The fourth-order valence-corrected chi connectivity index (χ4v) is 2.34. The lowest BCUT2D eigenvalue weighted by molar-refractivity contribution is -0.137. The van der Waals surface area contributed by atoms with Gasteiger partial charge in [-0.2, -0.15) is 13.2 Å². The number of benzene rings is 2. The SMILES string of the molecule is Cc1ccc(C)c(O[C@@H](C)C(=O)Nc2ccc(Cl)cc2C(F)(F)F)c1. The van der Waals surface area contributed by atoms with Crippen LogP contribution in [0.5, 0.6) is 5.75 Å². The Bertz CT molecular complexity index is 790. The second-order valence-electron chi connectivity index (χ2n) is 5.71. The normalized spacial score (nSPS) is 12.6. The van der Waals surface area contributed by atoms with E-state index in [1.807, 2.05) is 26.0 Å². The van der Waals surface area contributed by atoms with Crippen molar-refractivity contribution in [3.05, 3.63) is 58.1 Å². The molecule has 0 aliphatic rings. The number of ether oxygens (including phenoxy) is 1. The van der Waals surface area contributed by atoms with Crippen molar-refractivity contribution in [2.24, 2.45) is 0 Å². The zero-order valence-corrected chi connectivity index (χ0v) is 14.6. The van der Waals surface area contributed by atoms with Gasteiger partial charge in [0.15, 0.2) is 6.10 Å². The number of hydrogen-bond acceptors (Lipinski definition) is 2. The summed E-state index contributed by atoms with van der Waals surface area (Å²) in [5.41, 5.74) is 0.406. The summed E-state index contributed by atoms with van der Waals surface area (Å²) in [6.45, 7) is 5.17. The summed E-state index contributed by atoms with van der Waals surface area (Å²) in [5.74, 6) is -0.177. The smallest absolute Gasteiger partial charge is 0.418 e. The lowest BCUT2D eigenvalue weighted by Gasteiger charge is -2.19. The van der Waals surface area contributed by atoms with Crippen LogP contribution in [0.1, 0.15) is 23.6 Å². The first kappa shape index (κ1) is 19.1. The van der Waals surface area contributed by atoms with E-state index in [2.05, 4.69) is 5.32 Å². The van der Waals surface area contributed by atoms with Gasteiger partial charge in [-0.15, -0.1) is 0 Å². The molecule has 3 nitrogen and oxygen atoms in total. The molecule has 0 aliphatic heterocycles. The Labute approximate surface area is 148 Å². The van der Waals surface area contributed by atoms with Gasteiger partial charge in [0.05, 0.1) is 11.3 Å². The third-order valence-corrected chi connectivity index (χ3v) is 3.80. The van der Waals surface area contributed by atoms with E-state index in [0.717, 1.165) is 23.3 Å². The highest BCUT2D eigenvalue weighted by Crippen LogP contribution is 2.36. The standard InChI is InChI=1S/C18H17ClF3NO2/c1-10-4-5-11(2)16(8-10)25-12(3)17(24)23-15-7-6-13(19)9-14(15)18(20,21)22/h4-9,12H,1-3H3,(H,23,24)/t12-/m0/s1. The van der Waals surface area contributed by atoms with Gasteiger partial charge < -0.3 is 10.1 Å². The monoisotopic (exact) mass is 371 g/mol. The van der Waals surface area contributed by atoms with Crippen LogP contribution < -0.4 is 10.1 Å². The molecule has 1 N–H and O–H groups in total. The van der Waals surface area contributed by atoms with E-state index in [9.17, 15) is 18.0 Å². The molecule has 0 spiro atoms. The molecule has 0 radical (unpaired) electrons. The summed E-state index contributed by atoms with van der Waals surface area (Å²) in [6.07, 6.45) is -5.61. The Hall–Kier alpha value is -2.21. The molecule has 0 unspecified atom stereocenters. The summed E-state index contributed by atoms with van der Waals surface area (Å²) in [4.78, 5) is 12.2. The third kappa shape index (κ3) is 4.89. The molecule has 0 heterocycles. The summed E-state index contributed by atoms with van der Waals surface area (Å²) < 4.78 is 44.8. The third-order valence-electron chi connectivity index (χ3n) is 3.56. The summed E-state index contributed by atoms with van der Waals surface area (Å²) in [6, 6.07) is 8.68. The number of rotatable bonds is 4. The molecule has 0 aliphatic carbocycles. The van der Waals surface area contributed by atoms with Crippen LogP contribution >= 0.6 is 11.6 Å². The van der Waals surface area contributed by atoms with Crippen molar-refractivity contribution in [2.75, 3.05) is 5.32 Å². The van der Waals surface area contributed by atoms with Crippen LogP contribution in [0.3, 0.4) is 0 Å². The van der Waals surface area contributed by atoms with Crippen LogP contribution in [-0.2, 0) is 11.0 Å². The predicted molar refractivity (Wildman–Crippen MR) is 91.1 cm³/mol. The average molecular weight is 372 g/mol. The van der Waals surface area contributed by atoms with Gasteiger partial charge in [-0.05, 0) is 56.2 Å². The van der Waals surface area contributed by atoms with Gasteiger partial charge in [-0.3, -0.25) is 4.79 Å². The molecule has 25 heavy (non-hydrogen) atoms. The molecule has 2 rings (SSSR count). The van der Waals surface area contributed by atoms with Crippen molar-refractivity contribution in [3.63, 3.8) is 0 Å². The Kier molecular flexibility index (Phi) is 5.62. The summed E-state index contributed by atoms with van der Waals surface area (Å²) >= 11 is 5.62. The number of anilines is 1. The maximum Gasteiger partial charge on any atom is 0.418 e. The molecule has 2 aromatic carbocycles. The minimum Gasteiger partial charge on any atom is -0.481 e. The molecule has 0 aromatic heterocycles. The van der Waals surface area contributed by atoms with Crippen molar-refractivity contribution in [3.8, 4) is 5.75 Å². The van der Waals surface area contributed by atoms with Crippen LogP contribution in [0.15, 0.2) is 36.4 Å². The molecule has 0 saturated carbocycles. The van der Waals surface area contributed by atoms with Crippen molar-refractivity contribution < 1.29 is 22.7 Å². The fourth-order valence-electron chi connectivity index (χ4n) is 2.17. The lowest BCUT2D eigenvalue weighted by Crippen LogP contribution is -2.31. The number of aryl methyl sites for hydroxylation is 2. The van der Waals surface area contributed by atoms with E-state index in [0.29, 0.717) is 5.75 Å². The van der Waals surface area contributed by atoms with E-state index in [1.54, 1.807) is 6.07 Å². The van der Waals surface area contributed by atoms with Gasteiger partial charge in [0, 0.05) is 5.02 Å². The van der Waals surface area contributed by atoms with Crippen LogP contribution in [0.25, 0.3) is 0 Å². The largest absolute Gasteiger partial charge is 0.481 e. The first-order chi connectivity index (χ1) is 11.6. The van der Waals surface area contributed by atoms with E-state index in [1.165, 1.54) is 13.0 Å². The first-order valence-electron chi connectivity index (χ1n) is 7.49. The average Bonchev–Trinajstić information content (AvgIpc) is 2.51. The van der Waals surface area contributed by atoms with Crippen LogP contribution in [-0.4, -0.2) is 12.0 Å². The lowest BCUT2D eigenvalue weighted by atomic mass is 10.1. The fraction of sp³-hybridized carbons (Fsp3) is 0.278. The van der Waals surface area contributed by atoms with Crippen LogP contribution in [0, 0.1) is 13.8 Å². The second-order valence-corrected chi connectivity index (χ2v) is 6.14. The summed E-state index contributed by atoms with van der Waals surface area (Å²) in [7, 11) is 0. The van der Waals surface area contributed by atoms with E-state index < -0.39 is 23.8 Å². The Morgan fingerprint density at radius 2 is 1.84 bits per heavy atom. The molecule has 1 amide bonds. The highest BCUT2D eigenvalue weighted by atomic mass is 35.5. The maximum atomic E-state index is 13.1. The number of carbonyl (C=O) groups is 1. The molecule has 0 bridgehead atoms. The van der Waals surface area contributed by atoms with E-state index >= 15 is 0 Å². The van der Waals surface area contributed by atoms with Crippen LogP contribution in [0.4, 0.5) is 18.9 Å². The first-order valence-corrected chi connectivity index (χ1v) is 7.87. The molecular formula is C18H17ClF3NO2. The predicted octanol–water partition coefficient (Wildman–Crippen LogP) is 5.38.